The average molecular weight is 286 g/mol. The van der Waals surface area contributed by atoms with E-state index in [4.69, 9.17) is 14.9 Å². The Hall–Kier alpha value is -1.60. The highest BCUT2D eigenvalue weighted by atomic mass is 16.5. The Labute approximate surface area is 118 Å². The van der Waals surface area contributed by atoms with E-state index in [9.17, 15) is 9.59 Å². The highest BCUT2D eigenvalue weighted by Gasteiger charge is 2.34. The Morgan fingerprint density at radius 2 is 1.85 bits per heavy atom. The molecule has 1 rings (SSSR count). The van der Waals surface area contributed by atoms with Crippen LogP contribution in [0.1, 0.15) is 19.8 Å². The second kappa shape index (κ2) is 8.55. The highest BCUT2D eigenvalue weighted by Crippen LogP contribution is 2.31. The van der Waals surface area contributed by atoms with Crippen LogP contribution in [0.25, 0.3) is 0 Å². The third kappa shape index (κ3) is 5.18. The van der Waals surface area contributed by atoms with Crippen molar-refractivity contribution in [2.45, 2.75) is 25.8 Å². The fourth-order valence-corrected chi connectivity index (χ4v) is 2.36. The van der Waals surface area contributed by atoms with Crippen molar-refractivity contribution in [3.05, 3.63) is 12.3 Å². The standard InChI is InChI=1S/C13H22N2O5/c1-2-20-4-3-12(18)15-13(19)14-11-5-9(7-16)10(6-11)8-17/h3-4,9-11,16-17H,2,5-8H2,1H3,(H2,14,15,18,19)/b4-3+/t9-,10-/m1/s1. The quantitative estimate of drug-likeness (QED) is 0.397. The fourth-order valence-electron chi connectivity index (χ4n) is 2.36. The van der Waals surface area contributed by atoms with Gasteiger partial charge in [0.15, 0.2) is 0 Å². The molecule has 1 saturated carbocycles. The summed E-state index contributed by atoms with van der Waals surface area (Å²) in [6, 6.07) is -0.732. The minimum Gasteiger partial charge on any atom is -0.501 e. The van der Waals surface area contributed by atoms with E-state index in [-0.39, 0.29) is 31.1 Å². The molecule has 0 aromatic carbocycles. The molecule has 7 heteroatoms. The molecule has 20 heavy (non-hydrogen) atoms. The molecule has 2 atom stereocenters. The molecule has 0 spiro atoms. The van der Waals surface area contributed by atoms with Crippen LogP contribution in [0, 0.1) is 11.8 Å². The number of imide groups is 1. The van der Waals surface area contributed by atoms with Crippen molar-refractivity contribution < 1.29 is 24.5 Å². The van der Waals surface area contributed by atoms with Crippen LogP contribution in [-0.4, -0.2) is 48.0 Å². The van der Waals surface area contributed by atoms with Gasteiger partial charge >= 0.3 is 6.03 Å². The first-order valence-electron chi connectivity index (χ1n) is 6.72. The summed E-state index contributed by atoms with van der Waals surface area (Å²) in [4.78, 5) is 22.9. The first-order valence-corrected chi connectivity index (χ1v) is 6.72. The second-order valence-corrected chi connectivity index (χ2v) is 4.77. The highest BCUT2D eigenvalue weighted by molar-refractivity contribution is 6.00. The van der Waals surface area contributed by atoms with Crippen LogP contribution in [0.15, 0.2) is 12.3 Å². The van der Waals surface area contributed by atoms with E-state index in [1.807, 2.05) is 0 Å². The normalized spacial score (nSPS) is 22.9. The molecule has 0 saturated heterocycles. The van der Waals surface area contributed by atoms with E-state index in [0.29, 0.717) is 19.4 Å². The van der Waals surface area contributed by atoms with Gasteiger partial charge in [-0.15, -0.1) is 0 Å². The lowest BCUT2D eigenvalue weighted by atomic mass is 9.98. The zero-order valence-corrected chi connectivity index (χ0v) is 11.5. The van der Waals surface area contributed by atoms with Crippen molar-refractivity contribution in [3.8, 4) is 0 Å². The first kappa shape index (κ1) is 16.5. The van der Waals surface area contributed by atoms with Gasteiger partial charge in [-0.1, -0.05) is 0 Å². The number of hydrogen-bond acceptors (Lipinski definition) is 5. The van der Waals surface area contributed by atoms with Gasteiger partial charge in [-0.3, -0.25) is 10.1 Å². The summed E-state index contributed by atoms with van der Waals surface area (Å²) in [5.41, 5.74) is 0. The van der Waals surface area contributed by atoms with E-state index >= 15 is 0 Å². The van der Waals surface area contributed by atoms with E-state index in [1.165, 1.54) is 6.26 Å². The number of urea groups is 1. The van der Waals surface area contributed by atoms with Crippen LogP contribution in [0.2, 0.25) is 0 Å². The molecule has 7 nitrogen and oxygen atoms in total. The van der Waals surface area contributed by atoms with Crippen molar-refractivity contribution >= 4 is 11.9 Å². The lowest BCUT2D eigenvalue weighted by Gasteiger charge is -2.12. The SMILES string of the molecule is CCO/C=C/C(=O)NC(=O)NC1C[C@H](CO)[C@@H](CO)C1. The molecular weight excluding hydrogens is 264 g/mol. The predicted molar refractivity (Wildman–Crippen MR) is 71.6 cm³/mol. The smallest absolute Gasteiger partial charge is 0.321 e. The number of carbonyl (C=O) groups excluding carboxylic acids is 2. The van der Waals surface area contributed by atoms with E-state index < -0.39 is 11.9 Å². The maximum atomic E-state index is 11.6. The monoisotopic (exact) mass is 286 g/mol. The van der Waals surface area contributed by atoms with E-state index in [1.54, 1.807) is 6.92 Å². The summed E-state index contributed by atoms with van der Waals surface area (Å²) in [6.45, 7) is 2.20. The van der Waals surface area contributed by atoms with Gasteiger partial charge in [-0.2, -0.15) is 0 Å². The number of rotatable bonds is 6. The van der Waals surface area contributed by atoms with Crippen molar-refractivity contribution in [1.29, 1.82) is 0 Å². The van der Waals surface area contributed by atoms with Crippen LogP contribution >= 0.6 is 0 Å². The number of ether oxygens (including phenoxy) is 1. The predicted octanol–water partition coefficient (Wildman–Crippen LogP) is -0.258. The topological polar surface area (TPSA) is 108 Å². The maximum Gasteiger partial charge on any atom is 0.321 e. The van der Waals surface area contributed by atoms with Gasteiger partial charge in [0.2, 0.25) is 0 Å². The van der Waals surface area contributed by atoms with Crippen molar-refractivity contribution in [2.75, 3.05) is 19.8 Å². The van der Waals surface area contributed by atoms with E-state index in [0.717, 1.165) is 6.08 Å². The summed E-state index contributed by atoms with van der Waals surface area (Å²) in [5.74, 6) is -0.593. The summed E-state index contributed by atoms with van der Waals surface area (Å²) >= 11 is 0. The van der Waals surface area contributed by atoms with Crippen molar-refractivity contribution in [3.63, 3.8) is 0 Å². The minimum absolute atomic E-state index is 0.0128. The summed E-state index contributed by atoms with van der Waals surface area (Å²) < 4.78 is 4.85. The summed E-state index contributed by atoms with van der Waals surface area (Å²) in [7, 11) is 0. The summed E-state index contributed by atoms with van der Waals surface area (Å²) in [5, 5.41) is 23.1. The Kier molecular flexibility index (Phi) is 7.03. The fraction of sp³-hybridized carbons (Fsp3) is 0.692. The molecular formula is C13H22N2O5. The first-order chi connectivity index (χ1) is 9.60. The number of hydrogen-bond donors (Lipinski definition) is 4. The molecule has 1 aliphatic carbocycles. The molecule has 0 aromatic heterocycles. The van der Waals surface area contributed by atoms with Crippen LogP contribution < -0.4 is 10.6 Å². The molecule has 0 unspecified atom stereocenters. The van der Waals surface area contributed by atoms with Crippen LogP contribution in [0.3, 0.4) is 0 Å². The Balaban J connectivity index is 2.34. The molecule has 0 bridgehead atoms. The van der Waals surface area contributed by atoms with Gasteiger partial charge in [0, 0.05) is 25.3 Å². The number of carbonyl (C=O) groups is 2. The zero-order valence-electron chi connectivity index (χ0n) is 11.5. The number of nitrogens with one attached hydrogen (secondary N) is 2. The molecule has 0 radical (unpaired) electrons. The number of amides is 3. The van der Waals surface area contributed by atoms with Crippen LogP contribution in [-0.2, 0) is 9.53 Å². The Morgan fingerprint density at radius 3 is 2.35 bits per heavy atom. The number of aliphatic hydroxyl groups is 2. The molecule has 3 amide bonds. The van der Waals surface area contributed by atoms with Crippen molar-refractivity contribution in [1.82, 2.24) is 10.6 Å². The summed E-state index contributed by atoms with van der Waals surface area (Å²) in [6.07, 6.45) is 3.54. The van der Waals surface area contributed by atoms with Gasteiger partial charge < -0.3 is 20.3 Å². The third-order valence-corrected chi connectivity index (χ3v) is 3.36. The van der Waals surface area contributed by atoms with Gasteiger partial charge in [-0.25, -0.2) is 4.79 Å². The lowest BCUT2D eigenvalue weighted by molar-refractivity contribution is -0.115. The number of aliphatic hydroxyl groups excluding tert-OH is 2. The average Bonchev–Trinajstić information content (AvgIpc) is 2.80. The molecule has 0 aliphatic heterocycles. The van der Waals surface area contributed by atoms with Crippen LogP contribution in [0.5, 0.6) is 0 Å². The van der Waals surface area contributed by atoms with Crippen LogP contribution in [0.4, 0.5) is 4.79 Å². The second-order valence-electron chi connectivity index (χ2n) is 4.77. The Morgan fingerprint density at radius 1 is 1.25 bits per heavy atom. The molecule has 0 heterocycles. The molecule has 0 aromatic rings. The van der Waals surface area contributed by atoms with Gasteiger partial charge in [0.1, 0.15) is 0 Å². The zero-order chi connectivity index (χ0) is 15.0. The van der Waals surface area contributed by atoms with Gasteiger partial charge in [0.25, 0.3) is 5.91 Å². The van der Waals surface area contributed by atoms with Gasteiger partial charge in [0.05, 0.1) is 12.9 Å². The Bertz CT molecular complexity index is 347. The molecule has 1 fully saturated rings. The third-order valence-electron chi connectivity index (χ3n) is 3.36. The molecule has 4 N–H and O–H groups in total. The maximum absolute atomic E-state index is 11.6. The van der Waals surface area contributed by atoms with Crippen molar-refractivity contribution in [2.24, 2.45) is 11.8 Å². The molecule has 1 aliphatic rings. The van der Waals surface area contributed by atoms with E-state index in [2.05, 4.69) is 10.6 Å². The van der Waals surface area contributed by atoms with Gasteiger partial charge in [-0.05, 0) is 31.6 Å². The molecule has 114 valence electrons. The lowest BCUT2D eigenvalue weighted by Crippen LogP contribution is -2.43. The minimum atomic E-state index is -0.587. The largest absolute Gasteiger partial charge is 0.501 e.